The highest BCUT2D eigenvalue weighted by atomic mass is 19.1. The van der Waals surface area contributed by atoms with Crippen LogP contribution in [0.15, 0.2) is 42.7 Å². The lowest BCUT2D eigenvalue weighted by Gasteiger charge is -2.29. The van der Waals surface area contributed by atoms with E-state index in [1.54, 1.807) is 32.3 Å². The molecule has 158 valence electrons. The summed E-state index contributed by atoms with van der Waals surface area (Å²) in [5, 5.41) is 2.55. The van der Waals surface area contributed by atoms with E-state index in [2.05, 4.69) is 15.3 Å². The van der Waals surface area contributed by atoms with E-state index in [9.17, 15) is 14.0 Å². The molecule has 0 bridgehead atoms. The monoisotopic (exact) mass is 418 g/mol. The number of aryl methyl sites for hydroxylation is 2. The second-order valence-electron chi connectivity index (χ2n) is 7.72. The lowest BCUT2D eigenvalue weighted by atomic mass is 9.91. The highest BCUT2D eigenvalue weighted by Gasteiger charge is 2.29. The van der Waals surface area contributed by atoms with Crippen molar-refractivity contribution in [2.75, 3.05) is 18.5 Å². The third-order valence-electron chi connectivity index (χ3n) is 5.64. The van der Waals surface area contributed by atoms with Gasteiger partial charge < -0.3 is 5.32 Å². The van der Waals surface area contributed by atoms with Crippen molar-refractivity contribution in [3.8, 4) is 0 Å². The molecule has 3 aromatic rings. The maximum absolute atomic E-state index is 14.6. The van der Waals surface area contributed by atoms with Crippen molar-refractivity contribution < 1.29 is 14.0 Å². The molecule has 31 heavy (non-hydrogen) atoms. The van der Waals surface area contributed by atoms with E-state index < -0.39 is 5.82 Å². The van der Waals surface area contributed by atoms with Crippen LogP contribution < -0.4 is 10.2 Å². The number of hydrogen-bond donors (Lipinski definition) is 1. The van der Waals surface area contributed by atoms with Gasteiger partial charge in [0.1, 0.15) is 5.69 Å². The fourth-order valence-electron chi connectivity index (χ4n) is 3.82. The molecule has 0 aliphatic carbocycles. The Kier molecular flexibility index (Phi) is 5.50. The Bertz CT molecular complexity index is 1170. The van der Waals surface area contributed by atoms with Crippen LogP contribution in [0.25, 0.3) is 0 Å². The predicted octanol–water partition coefficient (Wildman–Crippen LogP) is 3.39. The molecule has 4 rings (SSSR count). The molecule has 0 fully saturated rings. The van der Waals surface area contributed by atoms with Crippen molar-refractivity contribution in [1.29, 1.82) is 0 Å². The van der Waals surface area contributed by atoms with Crippen molar-refractivity contribution in [2.24, 2.45) is 0 Å². The van der Waals surface area contributed by atoms with Crippen LogP contribution in [0.5, 0.6) is 0 Å². The Hall–Kier alpha value is -3.61. The number of pyridine rings is 2. The third kappa shape index (κ3) is 3.91. The number of fused-ring (bicyclic) bond motifs is 1. The first-order chi connectivity index (χ1) is 14.9. The van der Waals surface area contributed by atoms with E-state index in [0.29, 0.717) is 36.2 Å². The predicted molar refractivity (Wildman–Crippen MR) is 116 cm³/mol. The standard InChI is InChI=1S/C24H23FN4O2/c1-14-6-8-27-22(21(14)25)29-9-7-17-10-15(2)18(12-19(17)24(29)31)11-16-4-5-20(28-13-16)23(30)26-3/h4-6,8,10,12-13H,7,9,11H2,1-3H3,(H,26,30). The molecule has 0 unspecified atom stereocenters. The van der Waals surface area contributed by atoms with Gasteiger partial charge in [0, 0.05) is 31.5 Å². The van der Waals surface area contributed by atoms with Gasteiger partial charge in [0.15, 0.2) is 11.6 Å². The molecule has 0 spiro atoms. The van der Waals surface area contributed by atoms with Crippen LogP contribution in [0, 0.1) is 19.7 Å². The smallest absolute Gasteiger partial charge is 0.269 e. The summed E-state index contributed by atoms with van der Waals surface area (Å²) in [5.74, 6) is -0.868. The van der Waals surface area contributed by atoms with Crippen LogP contribution in [0.3, 0.4) is 0 Å². The largest absolute Gasteiger partial charge is 0.354 e. The van der Waals surface area contributed by atoms with E-state index in [0.717, 1.165) is 22.3 Å². The summed E-state index contributed by atoms with van der Waals surface area (Å²) in [6, 6.07) is 9.05. The molecule has 2 amide bonds. The highest BCUT2D eigenvalue weighted by molar-refractivity contribution is 6.08. The Morgan fingerprint density at radius 1 is 1.16 bits per heavy atom. The topological polar surface area (TPSA) is 75.2 Å². The zero-order valence-corrected chi connectivity index (χ0v) is 17.7. The quantitative estimate of drug-likeness (QED) is 0.705. The molecule has 0 atom stereocenters. The molecular weight excluding hydrogens is 395 g/mol. The van der Waals surface area contributed by atoms with Gasteiger partial charge in [0.05, 0.1) is 0 Å². The third-order valence-corrected chi connectivity index (χ3v) is 5.64. The maximum Gasteiger partial charge on any atom is 0.269 e. The average Bonchev–Trinajstić information content (AvgIpc) is 2.77. The molecule has 3 heterocycles. The van der Waals surface area contributed by atoms with Gasteiger partial charge in [-0.1, -0.05) is 12.1 Å². The molecule has 1 aliphatic heterocycles. The molecule has 1 N–H and O–H groups in total. The average molecular weight is 418 g/mol. The van der Waals surface area contributed by atoms with Gasteiger partial charge in [0.25, 0.3) is 11.8 Å². The molecule has 0 radical (unpaired) electrons. The summed E-state index contributed by atoms with van der Waals surface area (Å²) in [4.78, 5) is 34.6. The molecule has 1 aromatic carbocycles. The zero-order valence-electron chi connectivity index (χ0n) is 17.7. The summed E-state index contributed by atoms with van der Waals surface area (Å²) in [7, 11) is 1.56. The fourth-order valence-corrected chi connectivity index (χ4v) is 3.82. The summed E-state index contributed by atoms with van der Waals surface area (Å²) < 4.78 is 14.6. The number of hydrogen-bond acceptors (Lipinski definition) is 4. The molecule has 6 nitrogen and oxygen atoms in total. The Morgan fingerprint density at radius 2 is 1.97 bits per heavy atom. The maximum atomic E-state index is 14.6. The van der Waals surface area contributed by atoms with Crippen molar-refractivity contribution in [1.82, 2.24) is 15.3 Å². The number of halogens is 1. The van der Waals surface area contributed by atoms with E-state index in [4.69, 9.17) is 0 Å². The highest BCUT2D eigenvalue weighted by Crippen LogP contribution is 2.29. The Labute approximate surface area is 180 Å². The molecule has 2 aromatic heterocycles. The lowest BCUT2D eigenvalue weighted by molar-refractivity contribution is 0.0955. The van der Waals surface area contributed by atoms with Gasteiger partial charge in [0.2, 0.25) is 0 Å². The Balaban J connectivity index is 1.64. The van der Waals surface area contributed by atoms with E-state index in [-0.39, 0.29) is 17.6 Å². The normalized spacial score (nSPS) is 13.2. The van der Waals surface area contributed by atoms with E-state index in [1.807, 2.05) is 25.1 Å². The van der Waals surface area contributed by atoms with Crippen molar-refractivity contribution in [3.05, 3.63) is 87.6 Å². The van der Waals surface area contributed by atoms with Crippen molar-refractivity contribution in [3.63, 3.8) is 0 Å². The SMILES string of the molecule is CNC(=O)c1ccc(Cc2cc3c(cc2C)CCN(c2nccc(C)c2F)C3=O)cn1. The second kappa shape index (κ2) is 8.26. The summed E-state index contributed by atoms with van der Waals surface area (Å²) in [6.07, 6.45) is 4.40. The number of amides is 2. The van der Waals surface area contributed by atoms with E-state index >= 15 is 0 Å². The minimum Gasteiger partial charge on any atom is -0.354 e. The lowest BCUT2D eigenvalue weighted by Crippen LogP contribution is -2.39. The number of aromatic nitrogens is 2. The van der Waals surface area contributed by atoms with Crippen LogP contribution >= 0.6 is 0 Å². The zero-order chi connectivity index (χ0) is 22.1. The first-order valence-electron chi connectivity index (χ1n) is 10.1. The first kappa shape index (κ1) is 20.7. The summed E-state index contributed by atoms with van der Waals surface area (Å²) in [6.45, 7) is 4.07. The first-order valence-corrected chi connectivity index (χ1v) is 10.1. The molecular formula is C24H23FN4O2. The van der Waals surface area contributed by atoms with Gasteiger partial charge in [-0.3, -0.25) is 19.5 Å². The number of nitrogens with one attached hydrogen (secondary N) is 1. The molecule has 0 saturated heterocycles. The van der Waals surface area contributed by atoms with Gasteiger partial charge in [-0.05, 0) is 72.7 Å². The molecule has 7 heteroatoms. The van der Waals surface area contributed by atoms with E-state index in [1.165, 1.54) is 11.1 Å². The molecule has 1 aliphatic rings. The number of rotatable bonds is 4. The minimum absolute atomic E-state index is 0.0757. The van der Waals surface area contributed by atoms with Crippen LogP contribution in [0.2, 0.25) is 0 Å². The number of benzene rings is 1. The van der Waals surface area contributed by atoms with Crippen LogP contribution in [0.4, 0.5) is 10.2 Å². The minimum atomic E-state index is -0.464. The molecule has 0 saturated carbocycles. The number of carbonyl (C=O) groups excluding carboxylic acids is 2. The second-order valence-corrected chi connectivity index (χ2v) is 7.72. The number of anilines is 1. The van der Waals surface area contributed by atoms with Gasteiger partial charge >= 0.3 is 0 Å². The van der Waals surface area contributed by atoms with Gasteiger partial charge in [-0.2, -0.15) is 0 Å². The Morgan fingerprint density at radius 3 is 2.68 bits per heavy atom. The van der Waals surface area contributed by atoms with Gasteiger partial charge in [-0.25, -0.2) is 9.37 Å². The van der Waals surface area contributed by atoms with Crippen molar-refractivity contribution in [2.45, 2.75) is 26.7 Å². The number of nitrogens with zero attached hydrogens (tertiary/aromatic N) is 3. The van der Waals surface area contributed by atoms with Gasteiger partial charge in [-0.15, -0.1) is 0 Å². The van der Waals surface area contributed by atoms with Crippen molar-refractivity contribution >= 4 is 17.6 Å². The van der Waals surface area contributed by atoms with Crippen LogP contribution in [0.1, 0.15) is 48.7 Å². The van der Waals surface area contributed by atoms with Crippen LogP contribution in [-0.2, 0) is 12.8 Å². The summed E-state index contributed by atoms with van der Waals surface area (Å²) in [5.41, 5.74) is 5.35. The van der Waals surface area contributed by atoms with Crippen LogP contribution in [-0.4, -0.2) is 35.4 Å². The summed E-state index contributed by atoms with van der Waals surface area (Å²) >= 11 is 0. The fraction of sp³-hybridized carbons (Fsp3) is 0.250. The number of carbonyl (C=O) groups is 2.